The number of amides is 1. The molecule has 1 rings (SSSR count). The number of carbonyl (C=O) groups excluding carboxylic acids is 1. The van der Waals surface area contributed by atoms with Crippen molar-refractivity contribution in [2.75, 3.05) is 19.5 Å². The van der Waals surface area contributed by atoms with E-state index in [2.05, 4.69) is 0 Å². The van der Waals surface area contributed by atoms with Crippen molar-refractivity contribution in [3.8, 4) is 0 Å². The van der Waals surface area contributed by atoms with Crippen LogP contribution in [0.2, 0.25) is 0 Å². The van der Waals surface area contributed by atoms with Crippen molar-refractivity contribution in [1.29, 1.82) is 0 Å². The first-order chi connectivity index (χ1) is 6.74. The summed E-state index contributed by atoms with van der Waals surface area (Å²) < 4.78 is 0. The lowest BCUT2D eigenvalue weighted by atomic mass is 9.87. The van der Waals surface area contributed by atoms with Gasteiger partial charge in [-0.1, -0.05) is 32.1 Å². The molecule has 1 saturated carbocycles. The van der Waals surface area contributed by atoms with Crippen molar-refractivity contribution in [3.05, 3.63) is 0 Å². The van der Waals surface area contributed by atoms with Gasteiger partial charge < -0.3 is 4.90 Å². The first kappa shape index (κ1) is 11.8. The van der Waals surface area contributed by atoms with Crippen LogP contribution in [0.1, 0.15) is 38.5 Å². The van der Waals surface area contributed by atoms with Crippen LogP contribution in [0.3, 0.4) is 0 Å². The van der Waals surface area contributed by atoms with Gasteiger partial charge >= 0.3 is 0 Å². The average molecular weight is 218 g/mol. The zero-order valence-corrected chi connectivity index (χ0v) is 9.72. The van der Waals surface area contributed by atoms with Crippen molar-refractivity contribution < 1.29 is 4.79 Å². The molecule has 0 atom stereocenters. The Bertz CT molecular complexity index is 178. The topological polar surface area (TPSA) is 20.3 Å². The highest BCUT2D eigenvalue weighted by Gasteiger charge is 2.15. The minimum atomic E-state index is 0.0440. The Balaban J connectivity index is 2.15. The summed E-state index contributed by atoms with van der Waals surface area (Å²) in [5.74, 6) is 0.998. The van der Waals surface area contributed by atoms with E-state index in [-0.39, 0.29) is 11.8 Å². The highest BCUT2D eigenvalue weighted by molar-refractivity contribution is 6.27. The molecule has 1 aliphatic rings. The predicted molar refractivity (Wildman–Crippen MR) is 59.5 cm³/mol. The van der Waals surface area contributed by atoms with Crippen LogP contribution in [0.4, 0.5) is 0 Å². The van der Waals surface area contributed by atoms with Crippen molar-refractivity contribution in [1.82, 2.24) is 4.90 Å². The molecule has 82 valence electrons. The average Bonchev–Trinajstić information content (AvgIpc) is 2.26. The Morgan fingerprint density at radius 2 is 2.00 bits per heavy atom. The summed E-state index contributed by atoms with van der Waals surface area (Å²) in [6.45, 7) is 0.871. The minimum absolute atomic E-state index is 0.0440. The molecule has 0 heterocycles. The van der Waals surface area contributed by atoms with Crippen LogP contribution in [0.15, 0.2) is 0 Å². The summed E-state index contributed by atoms with van der Waals surface area (Å²) in [7, 11) is 1.84. The van der Waals surface area contributed by atoms with Gasteiger partial charge in [-0.3, -0.25) is 4.79 Å². The van der Waals surface area contributed by atoms with Gasteiger partial charge in [0, 0.05) is 13.6 Å². The summed E-state index contributed by atoms with van der Waals surface area (Å²) in [6, 6.07) is 0. The molecule has 0 aromatic heterocycles. The standard InChI is InChI=1S/C11H20ClNO/c1-13(11(14)9-12)8-7-10-5-3-2-4-6-10/h10H,2-9H2,1H3. The van der Waals surface area contributed by atoms with Crippen LogP contribution in [-0.2, 0) is 4.79 Å². The van der Waals surface area contributed by atoms with E-state index in [0.29, 0.717) is 0 Å². The number of hydrogen-bond acceptors (Lipinski definition) is 1. The third kappa shape index (κ3) is 3.87. The maximum Gasteiger partial charge on any atom is 0.237 e. The van der Waals surface area contributed by atoms with E-state index < -0.39 is 0 Å². The van der Waals surface area contributed by atoms with Gasteiger partial charge in [0.2, 0.25) is 5.91 Å². The largest absolute Gasteiger partial charge is 0.345 e. The first-order valence-corrected chi connectivity index (χ1v) is 6.07. The Kier molecular flexibility index (Phi) is 5.31. The minimum Gasteiger partial charge on any atom is -0.345 e. The fraction of sp³-hybridized carbons (Fsp3) is 0.909. The molecule has 0 spiro atoms. The summed E-state index contributed by atoms with van der Waals surface area (Å²) in [6.07, 6.45) is 7.99. The first-order valence-electron chi connectivity index (χ1n) is 5.54. The third-order valence-corrected chi connectivity index (χ3v) is 3.37. The molecular formula is C11H20ClNO. The number of nitrogens with zero attached hydrogens (tertiary/aromatic N) is 1. The molecular weight excluding hydrogens is 198 g/mol. The maximum atomic E-state index is 11.2. The van der Waals surface area contributed by atoms with Crippen LogP contribution in [0.25, 0.3) is 0 Å². The molecule has 0 aromatic carbocycles. The summed E-state index contributed by atoms with van der Waals surface area (Å²) in [5, 5.41) is 0. The normalized spacial score (nSPS) is 18.1. The molecule has 0 N–H and O–H groups in total. The van der Waals surface area contributed by atoms with Gasteiger partial charge in [0.05, 0.1) is 0 Å². The molecule has 0 aromatic rings. The SMILES string of the molecule is CN(CCC1CCCCC1)C(=O)CCl. The zero-order valence-electron chi connectivity index (χ0n) is 8.97. The Labute approximate surface area is 91.6 Å². The van der Waals surface area contributed by atoms with Crippen LogP contribution < -0.4 is 0 Å². The highest BCUT2D eigenvalue weighted by atomic mass is 35.5. The monoisotopic (exact) mass is 217 g/mol. The smallest absolute Gasteiger partial charge is 0.237 e. The number of alkyl halides is 1. The molecule has 1 fully saturated rings. The van der Waals surface area contributed by atoms with E-state index in [0.717, 1.165) is 18.9 Å². The summed E-state index contributed by atoms with van der Waals surface area (Å²) in [5.41, 5.74) is 0. The molecule has 1 aliphatic carbocycles. The lowest BCUT2D eigenvalue weighted by molar-refractivity contribution is -0.127. The Morgan fingerprint density at radius 3 is 2.57 bits per heavy atom. The molecule has 2 nitrogen and oxygen atoms in total. The Hall–Kier alpha value is -0.240. The van der Waals surface area contributed by atoms with E-state index in [1.165, 1.54) is 32.1 Å². The molecule has 0 saturated heterocycles. The van der Waals surface area contributed by atoms with E-state index >= 15 is 0 Å². The summed E-state index contributed by atoms with van der Waals surface area (Å²) >= 11 is 5.48. The highest BCUT2D eigenvalue weighted by Crippen LogP contribution is 2.26. The maximum absolute atomic E-state index is 11.2. The van der Waals surface area contributed by atoms with Crippen LogP contribution in [0, 0.1) is 5.92 Å². The molecule has 1 amide bonds. The molecule has 0 unspecified atom stereocenters. The summed E-state index contributed by atoms with van der Waals surface area (Å²) in [4.78, 5) is 12.9. The number of carbonyl (C=O) groups is 1. The third-order valence-electron chi connectivity index (χ3n) is 3.14. The van der Waals surface area contributed by atoms with E-state index in [9.17, 15) is 4.79 Å². The van der Waals surface area contributed by atoms with Crippen LogP contribution in [0.5, 0.6) is 0 Å². The van der Waals surface area contributed by atoms with Crippen molar-refractivity contribution >= 4 is 17.5 Å². The Morgan fingerprint density at radius 1 is 1.36 bits per heavy atom. The van der Waals surface area contributed by atoms with E-state index in [1.54, 1.807) is 4.90 Å². The lowest BCUT2D eigenvalue weighted by Crippen LogP contribution is -2.30. The number of hydrogen-bond donors (Lipinski definition) is 0. The van der Waals surface area contributed by atoms with Gasteiger partial charge in [0.25, 0.3) is 0 Å². The van der Waals surface area contributed by atoms with Crippen LogP contribution in [-0.4, -0.2) is 30.3 Å². The van der Waals surface area contributed by atoms with Gasteiger partial charge in [-0.2, -0.15) is 0 Å². The molecule has 0 bridgehead atoms. The van der Waals surface area contributed by atoms with Gasteiger partial charge in [-0.15, -0.1) is 11.6 Å². The second-order valence-electron chi connectivity index (χ2n) is 4.24. The molecule has 0 aliphatic heterocycles. The molecule has 0 radical (unpaired) electrons. The van der Waals surface area contributed by atoms with Crippen LogP contribution >= 0.6 is 11.6 Å². The fourth-order valence-corrected chi connectivity index (χ4v) is 2.28. The number of halogens is 1. The second kappa shape index (κ2) is 6.28. The predicted octanol–water partition coefficient (Wildman–Crippen LogP) is 2.65. The fourth-order valence-electron chi connectivity index (χ4n) is 2.08. The zero-order chi connectivity index (χ0) is 10.4. The van der Waals surface area contributed by atoms with Gasteiger partial charge in [-0.05, 0) is 12.3 Å². The van der Waals surface area contributed by atoms with Crippen molar-refractivity contribution in [2.24, 2.45) is 5.92 Å². The lowest BCUT2D eigenvalue weighted by Gasteiger charge is -2.24. The van der Waals surface area contributed by atoms with E-state index in [4.69, 9.17) is 11.6 Å². The van der Waals surface area contributed by atoms with Gasteiger partial charge in [0.15, 0.2) is 0 Å². The van der Waals surface area contributed by atoms with E-state index in [1.807, 2.05) is 7.05 Å². The second-order valence-corrected chi connectivity index (χ2v) is 4.51. The van der Waals surface area contributed by atoms with Crippen molar-refractivity contribution in [2.45, 2.75) is 38.5 Å². The molecule has 3 heteroatoms. The number of rotatable bonds is 4. The molecule has 14 heavy (non-hydrogen) atoms. The van der Waals surface area contributed by atoms with Crippen molar-refractivity contribution in [3.63, 3.8) is 0 Å². The van der Waals surface area contributed by atoms with Gasteiger partial charge in [-0.25, -0.2) is 0 Å². The van der Waals surface area contributed by atoms with Gasteiger partial charge in [0.1, 0.15) is 5.88 Å². The quantitative estimate of drug-likeness (QED) is 0.663.